The molecule has 0 nitrogen and oxygen atoms in total. The fourth-order valence-corrected chi connectivity index (χ4v) is 1.67. The quantitative estimate of drug-likeness (QED) is 0.643. The number of hydrogen-bond acceptors (Lipinski definition) is 0. The smallest absolute Gasteiger partial charge is 0.101 e. The maximum Gasteiger partial charge on any atom is 0.101 e. The summed E-state index contributed by atoms with van der Waals surface area (Å²) in [6.07, 6.45) is 4.75. The highest BCUT2D eigenvalue weighted by Gasteiger charge is 2.08. The molecule has 72 valence electrons. The predicted molar refractivity (Wildman–Crippen MR) is 57.9 cm³/mol. The fraction of sp³-hybridized carbons (Fsp3) is 0.167. The molecule has 1 aliphatic rings. The molecule has 0 saturated carbocycles. The van der Waals surface area contributed by atoms with Gasteiger partial charge in [-0.1, -0.05) is 29.8 Å². The van der Waals surface area contributed by atoms with Crippen LogP contribution in [0.2, 0.25) is 5.02 Å². The van der Waals surface area contributed by atoms with E-state index in [1.54, 1.807) is 6.08 Å². The largest absolute Gasteiger partial charge is 0.212 e. The molecule has 0 aromatic heterocycles. The van der Waals surface area contributed by atoms with Gasteiger partial charge in [0.25, 0.3) is 0 Å². The summed E-state index contributed by atoms with van der Waals surface area (Å²) in [6, 6.07) is 7.50. The first-order valence-electron chi connectivity index (χ1n) is 4.55. The Morgan fingerprint density at radius 1 is 1.07 bits per heavy atom. The average Bonchev–Trinajstić information content (AvgIpc) is 2.19. The van der Waals surface area contributed by atoms with Crippen molar-refractivity contribution in [2.75, 3.05) is 0 Å². The van der Waals surface area contributed by atoms with Crippen LogP contribution in [0, 0.1) is 0 Å². The summed E-state index contributed by atoms with van der Waals surface area (Å²) in [5, 5.41) is 0.709. The van der Waals surface area contributed by atoms with Crippen LogP contribution in [0.25, 0.3) is 5.57 Å². The van der Waals surface area contributed by atoms with Crippen molar-refractivity contribution < 1.29 is 4.39 Å². The lowest BCUT2D eigenvalue weighted by molar-refractivity contribution is 0.613. The van der Waals surface area contributed by atoms with Gasteiger partial charge in [-0.05, 0) is 35.8 Å². The predicted octanol–water partition coefficient (Wildman–Crippen LogP) is 4.37. The standard InChI is InChI=1S/C12H10ClF/c13-11-6-4-9(5-7-11)10-2-1-3-12(14)8-10/h2-7H,1,8H2. The second-order valence-electron chi connectivity index (χ2n) is 3.30. The third-order valence-electron chi connectivity index (χ3n) is 2.28. The molecule has 1 aromatic rings. The minimum absolute atomic E-state index is 0.0440. The molecule has 0 fully saturated rings. The zero-order valence-electron chi connectivity index (χ0n) is 7.63. The van der Waals surface area contributed by atoms with Crippen LogP contribution in [-0.2, 0) is 0 Å². The molecule has 2 heteroatoms. The van der Waals surface area contributed by atoms with Crippen LogP contribution in [0.15, 0.2) is 42.2 Å². The van der Waals surface area contributed by atoms with Gasteiger partial charge in [-0.2, -0.15) is 0 Å². The maximum absolute atomic E-state index is 13.0. The molecule has 0 spiro atoms. The van der Waals surface area contributed by atoms with Gasteiger partial charge < -0.3 is 0 Å². The number of rotatable bonds is 1. The Kier molecular flexibility index (Phi) is 2.69. The summed E-state index contributed by atoms with van der Waals surface area (Å²) in [4.78, 5) is 0. The van der Waals surface area contributed by atoms with Gasteiger partial charge in [-0.3, -0.25) is 0 Å². The highest BCUT2D eigenvalue weighted by Crippen LogP contribution is 2.28. The van der Waals surface area contributed by atoms with E-state index in [1.165, 1.54) is 0 Å². The summed E-state index contributed by atoms with van der Waals surface area (Å²) in [5.41, 5.74) is 2.10. The SMILES string of the molecule is FC1=CCC=C(c2ccc(Cl)cc2)C1. The first-order valence-corrected chi connectivity index (χ1v) is 4.93. The monoisotopic (exact) mass is 208 g/mol. The van der Waals surface area contributed by atoms with Gasteiger partial charge in [0.15, 0.2) is 0 Å². The van der Waals surface area contributed by atoms with Crippen molar-refractivity contribution in [3.05, 3.63) is 52.8 Å². The highest BCUT2D eigenvalue weighted by atomic mass is 35.5. The van der Waals surface area contributed by atoms with Gasteiger partial charge in [-0.25, -0.2) is 4.39 Å². The zero-order chi connectivity index (χ0) is 9.97. The van der Waals surface area contributed by atoms with E-state index in [1.807, 2.05) is 30.3 Å². The topological polar surface area (TPSA) is 0 Å². The van der Waals surface area contributed by atoms with Crippen molar-refractivity contribution in [1.29, 1.82) is 0 Å². The van der Waals surface area contributed by atoms with Gasteiger partial charge in [0.1, 0.15) is 5.83 Å². The Hall–Kier alpha value is -1.08. The number of hydrogen-bond donors (Lipinski definition) is 0. The third-order valence-corrected chi connectivity index (χ3v) is 2.53. The van der Waals surface area contributed by atoms with E-state index in [0.717, 1.165) is 11.1 Å². The molecule has 0 aliphatic heterocycles. The molecule has 0 radical (unpaired) electrons. The molecule has 14 heavy (non-hydrogen) atoms. The van der Waals surface area contributed by atoms with Crippen LogP contribution in [0.4, 0.5) is 4.39 Å². The Bertz CT molecular complexity index is 387. The van der Waals surface area contributed by atoms with Gasteiger partial charge >= 0.3 is 0 Å². The van der Waals surface area contributed by atoms with Crippen LogP contribution in [0.1, 0.15) is 18.4 Å². The summed E-state index contributed by atoms with van der Waals surface area (Å²) in [5.74, 6) is -0.0440. The molecule has 0 saturated heterocycles. The Labute approximate surface area is 87.7 Å². The van der Waals surface area contributed by atoms with Crippen molar-refractivity contribution in [2.24, 2.45) is 0 Å². The second kappa shape index (κ2) is 3.97. The molecular weight excluding hydrogens is 199 g/mol. The lowest BCUT2D eigenvalue weighted by Crippen LogP contribution is -1.90. The zero-order valence-corrected chi connectivity index (χ0v) is 8.39. The summed E-state index contributed by atoms with van der Waals surface area (Å²) in [6.45, 7) is 0. The van der Waals surface area contributed by atoms with E-state index in [9.17, 15) is 4.39 Å². The lowest BCUT2D eigenvalue weighted by atomic mass is 9.97. The normalized spacial score (nSPS) is 16.1. The van der Waals surface area contributed by atoms with Crippen molar-refractivity contribution in [2.45, 2.75) is 12.8 Å². The van der Waals surface area contributed by atoms with E-state index in [2.05, 4.69) is 0 Å². The maximum atomic E-state index is 13.0. The number of allylic oxidation sites excluding steroid dienone is 4. The molecule has 0 bridgehead atoms. The number of benzene rings is 1. The molecule has 0 atom stereocenters. The number of halogens is 2. The van der Waals surface area contributed by atoms with E-state index < -0.39 is 0 Å². The van der Waals surface area contributed by atoms with Crippen molar-refractivity contribution in [3.63, 3.8) is 0 Å². The van der Waals surface area contributed by atoms with Crippen LogP contribution in [0.5, 0.6) is 0 Å². The summed E-state index contributed by atoms with van der Waals surface area (Å²) < 4.78 is 13.0. The molecule has 0 unspecified atom stereocenters. The molecule has 0 heterocycles. The van der Waals surface area contributed by atoms with Gasteiger partial charge in [0.2, 0.25) is 0 Å². The Balaban J connectivity index is 2.24. The second-order valence-corrected chi connectivity index (χ2v) is 3.74. The van der Waals surface area contributed by atoms with E-state index >= 15 is 0 Å². The van der Waals surface area contributed by atoms with E-state index in [-0.39, 0.29) is 5.83 Å². The van der Waals surface area contributed by atoms with Gasteiger partial charge in [0, 0.05) is 11.4 Å². The molecule has 0 amide bonds. The minimum atomic E-state index is -0.0440. The van der Waals surface area contributed by atoms with E-state index in [0.29, 0.717) is 17.9 Å². The first-order chi connectivity index (χ1) is 6.75. The molecule has 1 aliphatic carbocycles. The average molecular weight is 209 g/mol. The minimum Gasteiger partial charge on any atom is -0.212 e. The Morgan fingerprint density at radius 3 is 2.43 bits per heavy atom. The molecule has 1 aromatic carbocycles. The molecule has 2 rings (SSSR count). The third kappa shape index (κ3) is 2.05. The van der Waals surface area contributed by atoms with E-state index in [4.69, 9.17) is 11.6 Å². The lowest BCUT2D eigenvalue weighted by Gasteiger charge is -2.10. The fourth-order valence-electron chi connectivity index (χ4n) is 1.54. The van der Waals surface area contributed by atoms with Crippen molar-refractivity contribution >= 4 is 17.2 Å². The highest BCUT2D eigenvalue weighted by molar-refractivity contribution is 6.30. The molecular formula is C12H10ClF. The van der Waals surface area contributed by atoms with Crippen LogP contribution < -0.4 is 0 Å². The first kappa shape index (κ1) is 9.47. The van der Waals surface area contributed by atoms with Crippen LogP contribution in [0.3, 0.4) is 0 Å². The van der Waals surface area contributed by atoms with Crippen LogP contribution in [-0.4, -0.2) is 0 Å². The van der Waals surface area contributed by atoms with Gasteiger partial charge in [0.05, 0.1) is 0 Å². The van der Waals surface area contributed by atoms with Gasteiger partial charge in [-0.15, -0.1) is 0 Å². The Morgan fingerprint density at radius 2 is 1.79 bits per heavy atom. The molecule has 0 N–H and O–H groups in total. The summed E-state index contributed by atoms with van der Waals surface area (Å²) >= 11 is 5.77. The summed E-state index contributed by atoms with van der Waals surface area (Å²) in [7, 11) is 0. The van der Waals surface area contributed by atoms with Crippen LogP contribution >= 0.6 is 11.6 Å². The van der Waals surface area contributed by atoms with Crippen molar-refractivity contribution in [3.8, 4) is 0 Å². The van der Waals surface area contributed by atoms with Crippen molar-refractivity contribution in [1.82, 2.24) is 0 Å².